The lowest BCUT2D eigenvalue weighted by molar-refractivity contribution is -0.137. The highest BCUT2D eigenvalue weighted by Crippen LogP contribution is 2.30. The lowest BCUT2D eigenvalue weighted by atomic mass is 9.97. The Morgan fingerprint density at radius 2 is 1.94 bits per heavy atom. The number of thiazole rings is 1. The SMILES string of the molecule is COCCOCCOCC(=O)N1CCC(c2nc(C(=O)NN=C(N)c3cnccn3)cs2)CC1. The number of carbonyl (C=O) groups is 2. The molecule has 3 heterocycles. The Balaban J connectivity index is 1.39. The molecule has 3 N–H and O–H groups in total. The smallest absolute Gasteiger partial charge is 0.290 e. The average molecular weight is 492 g/mol. The van der Waals surface area contributed by atoms with Crippen molar-refractivity contribution in [3.05, 3.63) is 40.4 Å². The number of hydrazone groups is 1. The minimum absolute atomic E-state index is 0.0342. The Labute approximate surface area is 201 Å². The zero-order valence-electron chi connectivity index (χ0n) is 19.0. The van der Waals surface area contributed by atoms with Gasteiger partial charge in [0.25, 0.3) is 5.91 Å². The van der Waals surface area contributed by atoms with Gasteiger partial charge in [0.05, 0.1) is 37.6 Å². The molecule has 2 amide bonds. The molecule has 0 atom stereocenters. The molecule has 13 heteroatoms. The number of carbonyl (C=O) groups excluding carboxylic acids is 2. The Bertz CT molecular complexity index is 948. The van der Waals surface area contributed by atoms with Crippen LogP contribution in [-0.2, 0) is 19.0 Å². The first kappa shape index (κ1) is 25.6. The minimum atomic E-state index is -0.453. The van der Waals surface area contributed by atoms with Gasteiger partial charge in [-0.3, -0.25) is 14.6 Å². The van der Waals surface area contributed by atoms with E-state index in [-0.39, 0.29) is 30.0 Å². The van der Waals surface area contributed by atoms with E-state index in [0.717, 1.165) is 17.8 Å². The quantitative estimate of drug-likeness (QED) is 0.185. The van der Waals surface area contributed by atoms with Gasteiger partial charge in [-0.1, -0.05) is 0 Å². The fraction of sp³-hybridized carbons (Fsp3) is 0.524. The van der Waals surface area contributed by atoms with Crippen LogP contribution in [0.5, 0.6) is 0 Å². The number of hydrogen-bond donors (Lipinski definition) is 2. The number of rotatable bonds is 12. The lowest BCUT2D eigenvalue weighted by Crippen LogP contribution is -2.40. The minimum Gasteiger partial charge on any atom is -0.382 e. The first-order valence-electron chi connectivity index (χ1n) is 10.9. The van der Waals surface area contributed by atoms with Crippen molar-refractivity contribution in [3.63, 3.8) is 0 Å². The number of likely N-dealkylation sites (tertiary alicyclic amines) is 1. The van der Waals surface area contributed by atoms with E-state index in [2.05, 4.69) is 25.5 Å². The summed E-state index contributed by atoms with van der Waals surface area (Å²) in [7, 11) is 1.61. The van der Waals surface area contributed by atoms with Gasteiger partial charge in [-0.05, 0) is 12.8 Å². The largest absolute Gasteiger partial charge is 0.382 e. The van der Waals surface area contributed by atoms with Crippen LogP contribution >= 0.6 is 11.3 Å². The molecule has 3 rings (SSSR count). The van der Waals surface area contributed by atoms with Gasteiger partial charge in [0, 0.05) is 43.9 Å². The van der Waals surface area contributed by atoms with Crippen LogP contribution in [0, 0.1) is 0 Å². The highest BCUT2D eigenvalue weighted by atomic mass is 32.1. The lowest BCUT2D eigenvalue weighted by Gasteiger charge is -2.31. The zero-order valence-corrected chi connectivity index (χ0v) is 19.8. The number of nitrogens with one attached hydrogen (secondary N) is 1. The van der Waals surface area contributed by atoms with Crippen LogP contribution < -0.4 is 11.2 Å². The highest BCUT2D eigenvalue weighted by molar-refractivity contribution is 7.09. The van der Waals surface area contributed by atoms with Gasteiger partial charge in [-0.25, -0.2) is 15.4 Å². The molecule has 1 saturated heterocycles. The van der Waals surface area contributed by atoms with Gasteiger partial charge in [-0.2, -0.15) is 5.10 Å². The molecule has 2 aromatic rings. The first-order valence-corrected chi connectivity index (χ1v) is 11.7. The second-order valence-corrected chi connectivity index (χ2v) is 8.30. The summed E-state index contributed by atoms with van der Waals surface area (Å²) < 4.78 is 15.6. The monoisotopic (exact) mass is 491 g/mol. The maximum atomic E-state index is 12.4. The topological polar surface area (TPSA) is 154 Å². The van der Waals surface area contributed by atoms with Crippen LogP contribution in [0.15, 0.2) is 29.1 Å². The van der Waals surface area contributed by atoms with Crippen LogP contribution in [0.4, 0.5) is 0 Å². The number of amides is 2. The molecule has 0 aromatic carbocycles. The van der Waals surface area contributed by atoms with E-state index < -0.39 is 5.91 Å². The van der Waals surface area contributed by atoms with Gasteiger partial charge in [0.2, 0.25) is 5.91 Å². The molecule has 34 heavy (non-hydrogen) atoms. The van der Waals surface area contributed by atoms with Crippen LogP contribution in [0.25, 0.3) is 0 Å². The maximum absolute atomic E-state index is 12.4. The van der Waals surface area contributed by atoms with Crippen molar-refractivity contribution in [2.24, 2.45) is 10.8 Å². The van der Waals surface area contributed by atoms with Gasteiger partial charge in [-0.15, -0.1) is 11.3 Å². The Morgan fingerprint density at radius 3 is 2.68 bits per heavy atom. The van der Waals surface area contributed by atoms with E-state index in [1.165, 1.54) is 29.9 Å². The molecule has 0 bridgehead atoms. The Hall–Kier alpha value is -3.00. The molecule has 0 unspecified atom stereocenters. The van der Waals surface area contributed by atoms with Crippen molar-refractivity contribution in [1.29, 1.82) is 0 Å². The van der Waals surface area contributed by atoms with Crippen molar-refractivity contribution in [3.8, 4) is 0 Å². The highest BCUT2D eigenvalue weighted by Gasteiger charge is 2.26. The van der Waals surface area contributed by atoms with E-state index in [4.69, 9.17) is 19.9 Å². The third-order valence-corrected chi connectivity index (χ3v) is 6.09. The van der Waals surface area contributed by atoms with Gasteiger partial charge in [0.1, 0.15) is 18.0 Å². The van der Waals surface area contributed by atoms with E-state index in [0.29, 0.717) is 45.2 Å². The number of amidine groups is 1. The second kappa shape index (κ2) is 13.6. The zero-order chi connectivity index (χ0) is 24.2. The summed E-state index contributed by atoms with van der Waals surface area (Å²) in [5.74, 6) is -0.242. The number of piperidine rings is 1. The summed E-state index contributed by atoms with van der Waals surface area (Å²) in [6, 6.07) is 0. The van der Waals surface area contributed by atoms with Gasteiger partial charge >= 0.3 is 0 Å². The molecule has 12 nitrogen and oxygen atoms in total. The van der Waals surface area contributed by atoms with Crippen molar-refractivity contribution >= 4 is 29.0 Å². The number of ether oxygens (including phenoxy) is 3. The number of hydrogen-bond acceptors (Lipinski definition) is 10. The molecule has 1 aliphatic rings. The maximum Gasteiger partial charge on any atom is 0.290 e. The van der Waals surface area contributed by atoms with Crippen LogP contribution in [0.1, 0.15) is 39.9 Å². The number of nitrogens with zero attached hydrogens (tertiary/aromatic N) is 5. The molecule has 0 spiro atoms. The van der Waals surface area contributed by atoms with Gasteiger partial charge in [0.15, 0.2) is 5.84 Å². The van der Waals surface area contributed by atoms with Crippen LogP contribution in [-0.4, -0.2) is 90.7 Å². The summed E-state index contributed by atoms with van der Waals surface area (Å²) in [6.07, 6.45) is 6.01. The third-order valence-electron chi connectivity index (χ3n) is 5.08. The summed E-state index contributed by atoms with van der Waals surface area (Å²) in [5.41, 5.74) is 8.84. The van der Waals surface area contributed by atoms with Crippen LogP contribution in [0.3, 0.4) is 0 Å². The number of nitrogens with two attached hydrogens (primary N) is 1. The number of methoxy groups -OCH3 is 1. The molecular weight excluding hydrogens is 462 g/mol. The fourth-order valence-electron chi connectivity index (χ4n) is 3.23. The molecule has 2 aromatic heterocycles. The van der Waals surface area contributed by atoms with Crippen LogP contribution in [0.2, 0.25) is 0 Å². The summed E-state index contributed by atoms with van der Waals surface area (Å²) >= 11 is 1.42. The van der Waals surface area contributed by atoms with E-state index >= 15 is 0 Å². The Morgan fingerprint density at radius 1 is 1.18 bits per heavy atom. The normalized spacial score (nSPS) is 14.9. The predicted octanol–water partition coefficient (Wildman–Crippen LogP) is 0.369. The Kier molecular flexibility index (Phi) is 10.3. The molecule has 1 fully saturated rings. The molecule has 0 radical (unpaired) electrons. The summed E-state index contributed by atoms with van der Waals surface area (Å²) in [5, 5.41) is 6.42. The van der Waals surface area contributed by atoms with E-state index in [9.17, 15) is 9.59 Å². The fourth-order valence-corrected chi connectivity index (χ4v) is 4.20. The van der Waals surface area contributed by atoms with Gasteiger partial charge < -0.3 is 24.8 Å². The standard InChI is InChI=1S/C21H29N7O5S/c1-31-8-9-32-10-11-33-13-18(29)28-6-2-15(3-7-28)21-25-17(14-34-21)20(30)27-26-19(22)16-12-23-4-5-24-16/h4-5,12,14-15H,2-3,6-11,13H2,1H3,(H2,22,26)(H,27,30). The molecule has 1 aliphatic heterocycles. The predicted molar refractivity (Wildman–Crippen MR) is 124 cm³/mol. The third kappa shape index (κ3) is 7.80. The molecule has 184 valence electrons. The van der Waals surface area contributed by atoms with E-state index in [1.807, 2.05) is 0 Å². The average Bonchev–Trinajstić information content (AvgIpc) is 3.37. The first-order chi connectivity index (χ1) is 16.6. The van der Waals surface area contributed by atoms with Crippen molar-refractivity contribution in [2.45, 2.75) is 18.8 Å². The number of aromatic nitrogens is 3. The molecule has 0 aliphatic carbocycles. The molecular formula is C21H29N7O5S. The van der Waals surface area contributed by atoms with Crippen molar-refractivity contribution < 1.29 is 23.8 Å². The van der Waals surface area contributed by atoms with Crippen molar-refractivity contribution in [1.82, 2.24) is 25.3 Å². The second-order valence-electron chi connectivity index (χ2n) is 7.41. The van der Waals surface area contributed by atoms with Crippen molar-refractivity contribution in [2.75, 3.05) is 53.2 Å². The van der Waals surface area contributed by atoms with E-state index in [1.54, 1.807) is 17.4 Å². The molecule has 0 saturated carbocycles. The summed E-state index contributed by atoms with van der Waals surface area (Å²) in [4.78, 5) is 38.9. The summed E-state index contributed by atoms with van der Waals surface area (Å²) in [6.45, 7) is 3.12.